The molecule has 24 heavy (non-hydrogen) atoms. The zero-order valence-corrected chi connectivity index (χ0v) is 14.6. The maximum atomic E-state index is 6.20. The fourth-order valence-electron chi connectivity index (χ4n) is 2.66. The summed E-state index contributed by atoms with van der Waals surface area (Å²) >= 11 is 6.20. The Balaban J connectivity index is 1.43. The lowest BCUT2D eigenvalue weighted by Gasteiger charge is -2.08. The molecule has 0 saturated heterocycles. The van der Waals surface area contributed by atoms with E-state index in [-0.39, 0.29) is 0 Å². The molecule has 0 bridgehead atoms. The molecule has 0 unspecified atom stereocenters. The van der Waals surface area contributed by atoms with E-state index in [2.05, 4.69) is 21.4 Å². The van der Waals surface area contributed by atoms with E-state index in [1.54, 1.807) is 0 Å². The summed E-state index contributed by atoms with van der Waals surface area (Å²) in [5, 5.41) is 4.11. The van der Waals surface area contributed by atoms with Crippen molar-refractivity contribution < 1.29 is 4.74 Å². The van der Waals surface area contributed by atoms with E-state index in [0.29, 0.717) is 11.6 Å². The van der Waals surface area contributed by atoms with Crippen LogP contribution in [0, 0.1) is 0 Å². The molecule has 0 radical (unpaired) electrons. The van der Waals surface area contributed by atoms with Gasteiger partial charge in [-0.25, -0.2) is 4.98 Å². The van der Waals surface area contributed by atoms with E-state index in [0.717, 1.165) is 54.1 Å². The van der Waals surface area contributed by atoms with E-state index in [1.807, 2.05) is 43.3 Å². The second-order valence-corrected chi connectivity index (χ2v) is 6.09. The molecule has 0 aliphatic carbocycles. The van der Waals surface area contributed by atoms with Gasteiger partial charge in [0.25, 0.3) is 0 Å². The molecule has 1 aromatic heterocycles. The summed E-state index contributed by atoms with van der Waals surface area (Å²) in [6.07, 6.45) is 1.97. The summed E-state index contributed by atoms with van der Waals surface area (Å²) in [6, 6.07) is 14.0. The number of aromatic nitrogens is 2. The van der Waals surface area contributed by atoms with Crippen LogP contribution in [0.3, 0.4) is 0 Å². The van der Waals surface area contributed by atoms with Crippen LogP contribution >= 0.6 is 11.6 Å². The third-order valence-electron chi connectivity index (χ3n) is 3.83. The van der Waals surface area contributed by atoms with Crippen LogP contribution in [-0.2, 0) is 13.0 Å². The Kier molecular flexibility index (Phi) is 5.72. The molecule has 2 aromatic carbocycles. The molecule has 0 saturated carbocycles. The smallest absolute Gasteiger partial charge is 0.137 e. The van der Waals surface area contributed by atoms with Crippen LogP contribution in [0.2, 0.25) is 5.02 Å². The van der Waals surface area contributed by atoms with Gasteiger partial charge >= 0.3 is 0 Å². The van der Waals surface area contributed by atoms with Crippen molar-refractivity contribution in [1.29, 1.82) is 0 Å². The van der Waals surface area contributed by atoms with Gasteiger partial charge in [-0.15, -0.1) is 0 Å². The Bertz CT molecular complexity index is 767. The van der Waals surface area contributed by atoms with E-state index in [9.17, 15) is 0 Å². The first-order valence-corrected chi connectivity index (χ1v) is 8.69. The molecule has 0 aliphatic rings. The number of aromatic amines is 1. The molecule has 3 rings (SSSR count). The van der Waals surface area contributed by atoms with Crippen LogP contribution in [0.1, 0.15) is 24.7 Å². The summed E-state index contributed by atoms with van der Waals surface area (Å²) in [5.41, 5.74) is 3.29. The van der Waals surface area contributed by atoms with Crippen LogP contribution < -0.4 is 10.1 Å². The molecule has 0 aliphatic heterocycles. The van der Waals surface area contributed by atoms with Gasteiger partial charge in [-0.1, -0.05) is 29.8 Å². The highest BCUT2D eigenvalue weighted by Crippen LogP contribution is 2.25. The lowest BCUT2D eigenvalue weighted by atomic mass is 10.2. The first-order valence-electron chi connectivity index (χ1n) is 8.32. The summed E-state index contributed by atoms with van der Waals surface area (Å²) in [6.45, 7) is 4.31. The molecule has 4 nitrogen and oxygen atoms in total. The molecular weight excluding hydrogens is 322 g/mol. The first kappa shape index (κ1) is 16.8. The monoisotopic (exact) mass is 343 g/mol. The van der Waals surface area contributed by atoms with Crippen molar-refractivity contribution in [1.82, 2.24) is 15.3 Å². The topological polar surface area (TPSA) is 49.9 Å². The Hall–Kier alpha value is -2.04. The van der Waals surface area contributed by atoms with Crippen molar-refractivity contribution >= 4 is 22.6 Å². The van der Waals surface area contributed by atoms with Gasteiger partial charge in [0.2, 0.25) is 0 Å². The number of rotatable bonds is 8. The van der Waals surface area contributed by atoms with Crippen LogP contribution in [-0.4, -0.2) is 23.1 Å². The summed E-state index contributed by atoms with van der Waals surface area (Å²) < 4.78 is 5.45. The molecule has 126 valence electrons. The normalized spacial score (nSPS) is 11.1. The van der Waals surface area contributed by atoms with Crippen molar-refractivity contribution in [2.24, 2.45) is 0 Å². The maximum absolute atomic E-state index is 6.20. The van der Waals surface area contributed by atoms with Gasteiger partial charge in [0.15, 0.2) is 0 Å². The minimum Gasteiger partial charge on any atom is -0.492 e. The molecule has 0 spiro atoms. The number of hydrogen-bond donors (Lipinski definition) is 2. The number of halogens is 1. The predicted octanol–water partition coefficient (Wildman–Crippen LogP) is 4.34. The molecule has 2 N–H and O–H groups in total. The van der Waals surface area contributed by atoms with E-state index >= 15 is 0 Å². The number of nitrogens with zero attached hydrogens (tertiary/aromatic N) is 1. The maximum Gasteiger partial charge on any atom is 0.137 e. The second kappa shape index (κ2) is 8.18. The molecule has 0 fully saturated rings. The average Bonchev–Trinajstić information content (AvgIpc) is 3.00. The van der Waals surface area contributed by atoms with Crippen molar-refractivity contribution in [2.45, 2.75) is 26.3 Å². The number of nitrogens with one attached hydrogen (secondary N) is 2. The molecule has 5 heteroatoms. The quantitative estimate of drug-likeness (QED) is 0.598. The number of ether oxygens (including phenoxy) is 1. The minimum atomic E-state index is 0.624. The number of para-hydroxylation sites is 2. The largest absolute Gasteiger partial charge is 0.492 e. The molecule has 1 heterocycles. The third kappa shape index (κ3) is 4.28. The molecular formula is C19H22ClN3O. The minimum absolute atomic E-state index is 0.624. The number of aryl methyl sites for hydroxylation is 1. The number of hydrogen-bond acceptors (Lipinski definition) is 3. The van der Waals surface area contributed by atoms with Gasteiger partial charge in [0, 0.05) is 13.0 Å². The first-order chi connectivity index (χ1) is 11.8. The highest BCUT2D eigenvalue weighted by molar-refractivity contribution is 6.32. The van der Waals surface area contributed by atoms with Crippen molar-refractivity contribution in [2.75, 3.05) is 13.2 Å². The fraction of sp³-hybridized carbons (Fsp3) is 0.316. The van der Waals surface area contributed by atoms with Crippen molar-refractivity contribution in [3.05, 3.63) is 58.9 Å². The lowest BCUT2D eigenvalue weighted by Crippen LogP contribution is -2.15. The molecule has 0 atom stereocenters. The van der Waals surface area contributed by atoms with Gasteiger partial charge < -0.3 is 15.0 Å². The zero-order chi connectivity index (χ0) is 16.8. The van der Waals surface area contributed by atoms with Gasteiger partial charge in [0.05, 0.1) is 22.7 Å². The summed E-state index contributed by atoms with van der Waals surface area (Å²) in [7, 11) is 0. The van der Waals surface area contributed by atoms with Crippen LogP contribution in [0.5, 0.6) is 5.75 Å². The van der Waals surface area contributed by atoms with Gasteiger partial charge in [-0.05, 0) is 49.7 Å². The Morgan fingerprint density at radius 1 is 1.21 bits per heavy atom. The SMILES string of the molecule is CCOc1ccc(CNCCCc2nc3ccccc3[nH]2)cc1Cl. The van der Waals surface area contributed by atoms with Crippen LogP contribution in [0.25, 0.3) is 11.0 Å². The van der Waals surface area contributed by atoms with E-state index in [1.165, 1.54) is 0 Å². The predicted molar refractivity (Wildman–Crippen MR) is 98.7 cm³/mol. The second-order valence-electron chi connectivity index (χ2n) is 5.68. The highest BCUT2D eigenvalue weighted by atomic mass is 35.5. The van der Waals surface area contributed by atoms with Gasteiger partial charge in [0.1, 0.15) is 11.6 Å². The van der Waals surface area contributed by atoms with Gasteiger partial charge in [-0.2, -0.15) is 0 Å². The Labute approximate surface area is 147 Å². The van der Waals surface area contributed by atoms with Crippen LogP contribution in [0.15, 0.2) is 42.5 Å². The number of benzene rings is 2. The Morgan fingerprint density at radius 3 is 2.88 bits per heavy atom. The Morgan fingerprint density at radius 2 is 2.08 bits per heavy atom. The average molecular weight is 344 g/mol. The third-order valence-corrected chi connectivity index (χ3v) is 4.13. The van der Waals surface area contributed by atoms with E-state index in [4.69, 9.17) is 16.3 Å². The fourth-order valence-corrected chi connectivity index (χ4v) is 2.92. The van der Waals surface area contributed by atoms with Crippen LogP contribution in [0.4, 0.5) is 0 Å². The number of imidazole rings is 1. The van der Waals surface area contributed by atoms with Crippen molar-refractivity contribution in [3.63, 3.8) is 0 Å². The highest BCUT2D eigenvalue weighted by Gasteiger charge is 2.03. The molecule has 0 amide bonds. The van der Waals surface area contributed by atoms with Gasteiger partial charge in [-0.3, -0.25) is 0 Å². The molecule has 3 aromatic rings. The van der Waals surface area contributed by atoms with E-state index < -0.39 is 0 Å². The lowest BCUT2D eigenvalue weighted by molar-refractivity contribution is 0.340. The summed E-state index contributed by atoms with van der Waals surface area (Å²) in [5.74, 6) is 1.79. The van der Waals surface area contributed by atoms with Crippen molar-refractivity contribution in [3.8, 4) is 5.75 Å². The number of fused-ring (bicyclic) bond motifs is 1. The zero-order valence-electron chi connectivity index (χ0n) is 13.8. The summed E-state index contributed by atoms with van der Waals surface area (Å²) in [4.78, 5) is 7.95. The number of H-pyrrole nitrogens is 1. The standard InChI is InChI=1S/C19H22ClN3O/c1-2-24-18-10-9-14(12-15(18)20)13-21-11-5-8-19-22-16-6-3-4-7-17(16)23-19/h3-4,6-7,9-10,12,21H,2,5,8,11,13H2,1H3,(H,22,23).